The number of piperazine rings is 1. The second-order valence-corrected chi connectivity index (χ2v) is 7.75. The molecule has 1 aromatic carbocycles. The van der Waals surface area contributed by atoms with E-state index in [0.717, 1.165) is 43.3 Å². The molecule has 160 valence electrons. The lowest BCUT2D eigenvalue weighted by Crippen LogP contribution is -2.64. The topological polar surface area (TPSA) is 106 Å². The summed E-state index contributed by atoms with van der Waals surface area (Å²) in [6, 6.07) is 5.85. The zero-order valence-electron chi connectivity index (χ0n) is 17.0. The molecule has 11 heteroatoms. The van der Waals surface area contributed by atoms with E-state index in [1.54, 1.807) is 25.5 Å². The van der Waals surface area contributed by atoms with E-state index in [0.29, 0.717) is 6.54 Å². The van der Waals surface area contributed by atoms with Crippen molar-refractivity contribution in [3.8, 4) is 0 Å². The number of likely N-dealkylation sites (N-methyl/N-ethyl adjacent to an activating group) is 2. The normalized spacial score (nSPS) is 24.6. The van der Waals surface area contributed by atoms with Crippen LogP contribution in [-0.2, 0) is 4.79 Å². The lowest BCUT2D eigenvalue weighted by atomic mass is 10.1. The number of rotatable bonds is 5. The molecule has 3 heterocycles. The average molecular weight is 415 g/mol. The second kappa shape index (κ2) is 7.90. The number of nitrogens with zero attached hydrogens (tertiary/aromatic N) is 7. The van der Waals surface area contributed by atoms with E-state index in [1.165, 1.54) is 24.1 Å². The SMILES string of the molecule is CN1C(=O)C2C(N=CN2CCN2CCN(c3ccc([N+](=O)[O-])cc3)CC2)N(C)C1=O. The van der Waals surface area contributed by atoms with Crippen LogP contribution in [0.25, 0.3) is 0 Å². The van der Waals surface area contributed by atoms with Gasteiger partial charge >= 0.3 is 6.03 Å². The molecule has 4 rings (SSSR count). The molecule has 0 aliphatic carbocycles. The fourth-order valence-corrected chi connectivity index (χ4v) is 4.17. The van der Waals surface area contributed by atoms with Crippen LogP contribution in [0.4, 0.5) is 16.2 Å². The maximum absolute atomic E-state index is 12.6. The van der Waals surface area contributed by atoms with Crippen molar-refractivity contribution in [3.05, 3.63) is 34.4 Å². The first kappa shape index (κ1) is 20.1. The number of aliphatic imine (C=N–C) groups is 1. The summed E-state index contributed by atoms with van der Waals surface area (Å²) in [6.45, 7) is 4.83. The number of nitro benzene ring substituents is 1. The Balaban J connectivity index is 1.29. The largest absolute Gasteiger partial charge is 0.369 e. The number of benzene rings is 1. The van der Waals surface area contributed by atoms with Crippen LogP contribution in [0.15, 0.2) is 29.3 Å². The predicted molar refractivity (Wildman–Crippen MR) is 110 cm³/mol. The zero-order valence-corrected chi connectivity index (χ0v) is 17.0. The van der Waals surface area contributed by atoms with Crippen LogP contribution in [0.3, 0.4) is 0 Å². The van der Waals surface area contributed by atoms with Gasteiger partial charge in [-0.15, -0.1) is 0 Å². The third-order valence-electron chi connectivity index (χ3n) is 6.05. The molecule has 0 N–H and O–H groups in total. The van der Waals surface area contributed by atoms with Crippen molar-refractivity contribution >= 4 is 29.7 Å². The summed E-state index contributed by atoms with van der Waals surface area (Å²) < 4.78 is 0. The smallest absolute Gasteiger partial charge is 0.328 e. The summed E-state index contributed by atoms with van der Waals surface area (Å²) in [5, 5.41) is 10.8. The first-order chi connectivity index (χ1) is 14.4. The summed E-state index contributed by atoms with van der Waals surface area (Å²) in [4.78, 5) is 48.6. The lowest BCUT2D eigenvalue weighted by Gasteiger charge is -2.40. The maximum Gasteiger partial charge on any atom is 0.328 e. The number of carbonyl (C=O) groups is 2. The van der Waals surface area contributed by atoms with Crippen molar-refractivity contribution in [2.45, 2.75) is 12.2 Å². The molecule has 0 saturated carbocycles. The molecule has 0 bridgehead atoms. The molecular formula is C19H25N7O4. The van der Waals surface area contributed by atoms with Crippen LogP contribution < -0.4 is 4.90 Å². The van der Waals surface area contributed by atoms with Crippen molar-refractivity contribution in [2.24, 2.45) is 4.99 Å². The number of amides is 3. The van der Waals surface area contributed by atoms with E-state index in [4.69, 9.17) is 0 Å². The predicted octanol–water partition coefficient (Wildman–Crippen LogP) is 0.279. The van der Waals surface area contributed by atoms with E-state index in [2.05, 4.69) is 14.8 Å². The molecule has 2 atom stereocenters. The highest BCUT2D eigenvalue weighted by Gasteiger charge is 2.48. The number of non-ortho nitro benzene ring substituents is 1. The van der Waals surface area contributed by atoms with E-state index in [-0.39, 0.29) is 17.6 Å². The molecule has 0 radical (unpaired) electrons. The Morgan fingerprint density at radius 3 is 2.37 bits per heavy atom. The van der Waals surface area contributed by atoms with Crippen LogP contribution in [0.2, 0.25) is 0 Å². The lowest BCUT2D eigenvalue weighted by molar-refractivity contribution is -0.384. The number of fused-ring (bicyclic) bond motifs is 1. The molecule has 0 spiro atoms. The van der Waals surface area contributed by atoms with Gasteiger partial charge in [0.05, 0.1) is 11.3 Å². The van der Waals surface area contributed by atoms with E-state index in [1.807, 2.05) is 4.90 Å². The van der Waals surface area contributed by atoms with Gasteiger partial charge in [-0.1, -0.05) is 0 Å². The van der Waals surface area contributed by atoms with Gasteiger partial charge in [0.2, 0.25) is 0 Å². The standard InChI is InChI=1S/C19H25N7O4/c1-21-17-16(18(27)22(2)19(21)28)25(13-20-17)12-9-23-7-10-24(11-8-23)14-3-5-15(6-4-14)26(29)30/h3-6,13,16-17H,7-12H2,1-2H3. The Labute approximate surface area is 174 Å². The molecule has 2 saturated heterocycles. The highest BCUT2D eigenvalue weighted by atomic mass is 16.6. The highest BCUT2D eigenvalue weighted by molar-refractivity contribution is 6.01. The van der Waals surface area contributed by atoms with Gasteiger partial charge in [0.1, 0.15) is 0 Å². The molecule has 0 aromatic heterocycles. The summed E-state index contributed by atoms with van der Waals surface area (Å²) in [6.07, 6.45) is 1.23. The average Bonchev–Trinajstić information content (AvgIpc) is 3.19. The van der Waals surface area contributed by atoms with Crippen LogP contribution in [0.1, 0.15) is 0 Å². The third kappa shape index (κ3) is 3.56. The Kier molecular flexibility index (Phi) is 5.29. The summed E-state index contributed by atoms with van der Waals surface area (Å²) in [7, 11) is 3.17. The highest BCUT2D eigenvalue weighted by Crippen LogP contribution is 2.25. The Hall–Kier alpha value is -3.21. The molecule has 2 fully saturated rings. The molecule has 1 aromatic rings. The Morgan fingerprint density at radius 1 is 1.07 bits per heavy atom. The van der Waals surface area contributed by atoms with Gasteiger partial charge in [-0.2, -0.15) is 0 Å². The molecule has 3 aliphatic rings. The van der Waals surface area contributed by atoms with Gasteiger partial charge in [0.25, 0.3) is 11.6 Å². The van der Waals surface area contributed by atoms with Gasteiger partial charge in [-0.05, 0) is 12.1 Å². The van der Waals surface area contributed by atoms with Gasteiger partial charge in [-0.3, -0.25) is 24.7 Å². The van der Waals surface area contributed by atoms with Gasteiger partial charge < -0.3 is 14.7 Å². The van der Waals surface area contributed by atoms with Crippen molar-refractivity contribution in [1.29, 1.82) is 0 Å². The van der Waals surface area contributed by atoms with Crippen molar-refractivity contribution in [3.63, 3.8) is 0 Å². The fraction of sp³-hybridized carbons (Fsp3) is 0.526. The van der Waals surface area contributed by atoms with Crippen LogP contribution in [0, 0.1) is 10.1 Å². The van der Waals surface area contributed by atoms with Crippen LogP contribution in [-0.4, -0.2) is 108 Å². The molecule has 2 unspecified atom stereocenters. The zero-order chi connectivity index (χ0) is 21.4. The van der Waals surface area contributed by atoms with E-state index in [9.17, 15) is 19.7 Å². The minimum atomic E-state index is -0.459. The first-order valence-corrected chi connectivity index (χ1v) is 9.92. The quantitative estimate of drug-likeness (QED) is 0.502. The molecule has 3 aliphatic heterocycles. The van der Waals surface area contributed by atoms with Crippen molar-refractivity contribution in [2.75, 3.05) is 58.3 Å². The number of hydrogen-bond acceptors (Lipinski definition) is 8. The van der Waals surface area contributed by atoms with Crippen molar-refractivity contribution in [1.82, 2.24) is 19.6 Å². The maximum atomic E-state index is 12.6. The number of imide groups is 1. The molecular weight excluding hydrogens is 390 g/mol. The van der Waals surface area contributed by atoms with Gasteiger partial charge in [0.15, 0.2) is 12.2 Å². The molecule has 3 amide bonds. The van der Waals surface area contributed by atoms with Crippen molar-refractivity contribution < 1.29 is 14.5 Å². The first-order valence-electron chi connectivity index (χ1n) is 9.92. The minimum absolute atomic E-state index is 0.0956. The molecule has 11 nitrogen and oxygen atoms in total. The number of nitro groups is 1. The van der Waals surface area contributed by atoms with Crippen LogP contribution >= 0.6 is 0 Å². The van der Waals surface area contributed by atoms with Gasteiger partial charge in [-0.25, -0.2) is 9.79 Å². The second-order valence-electron chi connectivity index (χ2n) is 7.75. The number of hydrogen-bond donors (Lipinski definition) is 0. The Bertz CT molecular complexity index is 866. The van der Waals surface area contributed by atoms with E-state index < -0.39 is 17.1 Å². The monoisotopic (exact) mass is 415 g/mol. The summed E-state index contributed by atoms with van der Waals surface area (Å²) in [5.41, 5.74) is 1.08. The molecule has 30 heavy (non-hydrogen) atoms. The number of urea groups is 1. The number of anilines is 1. The minimum Gasteiger partial charge on any atom is -0.369 e. The Morgan fingerprint density at radius 2 is 1.73 bits per heavy atom. The summed E-state index contributed by atoms with van der Waals surface area (Å²) in [5.74, 6) is -0.219. The van der Waals surface area contributed by atoms with E-state index >= 15 is 0 Å². The van der Waals surface area contributed by atoms with Crippen LogP contribution in [0.5, 0.6) is 0 Å². The fourth-order valence-electron chi connectivity index (χ4n) is 4.17. The van der Waals surface area contributed by atoms with Gasteiger partial charge in [0, 0.05) is 71.2 Å². The number of carbonyl (C=O) groups excluding carboxylic acids is 2. The third-order valence-corrected chi connectivity index (χ3v) is 6.05. The summed E-state index contributed by atoms with van der Waals surface area (Å²) >= 11 is 0.